The molecule has 0 spiro atoms. The number of aromatic nitrogens is 1. The average Bonchev–Trinajstić information content (AvgIpc) is 2.69. The highest BCUT2D eigenvalue weighted by Crippen LogP contribution is 2.38. The van der Waals surface area contributed by atoms with Gasteiger partial charge in [0, 0.05) is 6.07 Å². The molecule has 90 valence electrons. The number of nitrogens with two attached hydrogens (primary N) is 1. The summed E-state index contributed by atoms with van der Waals surface area (Å²) in [5.41, 5.74) is 4.84. The van der Waals surface area contributed by atoms with Crippen molar-refractivity contribution >= 4 is 5.88 Å². The zero-order chi connectivity index (χ0) is 12.6. The van der Waals surface area contributed by atoms with E-state index >= 15 is 0 Å². The Balaban J connectivity index is 2.80. The summed E-state index contributed by atoms with van der Waals surface area (Å²) in [5.74, 6) is -4.38. The Morgan fingerprint density at radius 1 is 1.29 bits per heavy atom. The molecule has 0 aliphatic carbocycles. The van der Waals surface area contributed by atoms with Gasteiger partial charge in [-0.05, 0) is 0 Å². The second-order valence-corrected chi connectivity index (χ2v) is 3.17. The summed E-state index contributed by atoms with van der Waals surface area (Å²) in [6.07, 6.45) is 1.05. The minimum atomic E-state index is -1.35. The van der Waals surface area contributed by atoms with Gasteiger partial charge < -0.3 is 15.0 Å². The molecule has 1 aromatic carbocycles. The van der Waals surface area contributed by atoms with Gasteiger partial charge in [0.25, 0.3) is 0 Å². The lowest BCUT2D eigenvalue weighted by molar-refractivity contribution is 0.378. The monoisotopic (exact) mass is 244 g/mol. The maximum Gasteiger partial charge on any atom is 0.230 e. The normalized spacial score (nSPS) is 10.6. The minimum absolute atomic E-state index is 0.0715. The molecule has 0 atom stereocenters. The molecule has 0 saturated carbocycles. The molecule has 0 unspecified atom stereocenters. The predicted octanol–water partition coefficient (Wildman–Crippen LogP) is 2.35. The number of anilines is 1. The third-order valence-corrected chi connectivity index (χ3v) is 2.20. The summed E-state index contributed by atoms with van der Waals surface area (Å²) in [5, 5.41) is 3.31. The fraction of sp³-hybridized carbons (Fsp3) is 0.100. The van der Waals surface area contributed by atoms with Crippen LogP contribution in [0.1, 0.15) is 0 Å². The van der Waals surface area contributed by atoms with Crippen LogP contribution in [-0.2, 0) is 0 Å². The molecule has 1 aromatic heterocycles. The molecule has 0 bridgehead atoms. The van der Waals surface area contributed by atoms with E-state index in [0.717, 1.165) is 13.3 Å². The van der Waals surface area contributed by atoms with E-state index in [-0.39, 0.29) is 11.4 Å². The number of nitrogen functional groups attached to an aromatic ring is 1. The van der Waals surface area contributed by atoms with Crippen LogP contribution in [0, 0.1) is 17.5 Å². The molecule has 17 heavy (non-hydrogen) atoms. The molecule has 2 aromatic rings. The van der Waals surface area contributed by atoms with Crippen molar-refractivity contribution in [3.63, 3.8) is 0 Å². The molecule has 4 nitrogen and oxygen atoms in total. The summed E-state index contributed by atoms with van der Waals surface area (Å²) in [4.78, 5) is 0. The number of halogens is 3. The van der Waals surface area contributed by atoms with Crippen LogP contribution in [0.5, 0.6) is 5.75 Å². The van der Waals surface area contributed by atoms with Crippen molar-refractivity contribution in [3.8, 4) is 16.9 Å². The van der Waals surface area contributed by atoms with E-state index in [1.807, 2.05) is 0 Å². The molecule has 0 fully saturated rings. The number of methoxy groups -OCH3 is 1. The molecular weight excluding hydrogens is 237 g/mol. The highest BCUT2D eigenvalue weighted by molar-refractivity contribution is 5.77. The van der Waals surface area contributed by atoms with Gasteiger partial charge >= 0.3 is 0 Å². The maximum absolute atomic E-state index is 13.6. The number of rotatable bonds is 2. The Bertz CT molecular complexity index is 569. The molecule has 1 heterocycles. The van der Waals surface area contributed by atoms with Gasteiger partial charge in [-0.2, -0.15) is 0 Å². The fourth-order valence-electron chi connectivity index (χ4n) is 1.46. The fourth-order valence-corrected chi connectivity index (χ4v) is 1.46. The van der Waals surface area contributed by atoms with Crippen molar-refractivity contribution < 1.29 is 22.4 Å². The van der Waals surface area contributed by atoms with Crippen LogP contribution < -0.4 is 10.5 Å². The third-order valence-electron chi connectivity index (χ3n) is 2.20. The Kier molecular flexibility index (Phi) is 2.66. The Morgan fingerprint density at radius 2 is 2.00 bits per heavy atom. The lowest BCUT2D eigenvalue weighted by Crippen LogP contribution is -1.99. The molecule has 2 N–H and O–H groups in total. The van der Waals surface area contributed by atoms with Crippen LogP contribution in [0.3, 0.4) is 0 Å². The molecule has 0 radical (unpaired) electrons. The number of benzene rings is 1. The number of nitrogens with zero attached hydrogens (tertiary/aromatic N) is 1. The van der Waals surface area contributed by atoms with Gasteiger partial charge in [0.1, 0.15) is 0 Å². The number of hydrogen-bond donors (Lipinski definition) is 1. The molecule has 7 heteroatoms. The van der Waals surface area contributed by atoms with Crippen LogP contribution in [0.2, 0.25) is 0 Å². The highest BCUT2D eigenvalue weighted by atomic mass is 19.2. The van der Waals surface area contributed by atoms with Crippen LogP contribution >= 0.6 is 0 Å². The van der Waals surface area contributed by atoms with Gasteiger partial charge in [-0.1, -0.05) is 5.16 Å². The summed E-state index contributed by atoms with van der Waals surface area (Å²) < 4.78 is 49.3. The maximum atomic E-state index is 13.6. The zero-order valence-electron chi connectivity index (χ0n) is 8.63. The average molecular weight is 244 g/mol. The first kappa shape index (κ1) is 11.3. The Hall–Kier alpha value is -2.18. The van der Waals surface area contributed by atoms with E-state index in [1.54, 1.807) is 0 Å². The standard InChI is InChI=1S/C10H7F3N2O2/c1-16-9-6(12)2-5(11)8(13)7(9)4-3-15-17-10(4)14/h2-3H,14H2,1H3. The SMILES string of the molecule is COc1c(F)cc(F)c(F)c1-c1cnoc1N. The second kappa shape index (κ2) is 4.00. The molecule has 0 saturated heterocycles. The van der Waals surface area contributed by atoms with Crippen molar-refractivity contribution in [2.45, 2.75) is 0 Å². The van der Waals surface area contributed by atoms with Crippen LogP contribution in [-0.4, -0.2) is 12.3 Å². The Morgan fingerprint density at radius 3 is 2.53 bits per heavy atom. The molecule has 2 rings (SSSR count). The highest BCUT2D eigenvalue weighted by Gasteiger charge is 2.24. The number of ether oxygens (including phenoxy) is 1. The lowest BCUT2D eigenvalue weighted by Gasteiger charge is -2.09. The van der Waals surface area contributed by atoms with Crippen LogP contribution in [0.15, 0.2) is 16.8 Å². The van der Waals surface area contributed by atoms with Crippen molar-refractivity contribution in [2.24, 2.45) is 0 Å². The van der Waals surface area contributed by atoms with Gasteiger partial charge in [0.05, 0.1) is 24.4 Å². The minimum Gasteiger partial charge on any atom is -0.493 e. The predicted molar refractivity (Wildman–Crippen MR) is 52.8 cm³/mol. The van der Waals surface area contributed by atoms with Gasteiger partial charge in [0.2, 0.25) is 5.88 Å². The molecule has 0 aliphatic rings. The summed E-state index contributed by atoms with van der Waals surface area (Å²) in [6.45, 7) is 0. The molecular formula is C10H7F3N2O2. The quantitative estimate of drug-likeness (QED) is 0.823. The van der Waals surface area contributed by atoms with E-state index in [9.17, 15) is 13.2 Å². The lowest BCUT2D eigenvalue weighted by atomic mass is 10.1. The first-order chi connectivity index (χ1) is 8.06. The largest absolute Gasteiger partial charge is 0.493 e. The van der Waals surface area contributed by atoms with E-state index in [0.29, 0.717) is 6.07 Å². The van der Waals surface area contributed by atoms with E-state index in [2.05, 4.69) is 14.4 Å². The molecule has 0 aliphatic heterocycles. The van der Waals surface area contributed by atoms with Crippen molar-refractivity contribution in [2.75, 3.05) is 12.8 Å². The van der Waals surface area contributed by atoms with Crippen LogP contribution in [0.25, 0.3) is 11.1 Å². The van der Waals surface area contributed by atoms with Crippen molar-refractivity contribution in [3.05, 3.63) is 29.7 Å². The summed E-state index contributed by atoms with van der Waals surface area (Å²) in [7, 11) is 1.13. The second-order valence-electron chi connectivity index (χ2n) is 3.17. The first-order valence-corrected chi connectivity index (χ1v) is 4.48. The number of hydrogen-bond acceptors (Lipinski definition) is 4. The Labute approximate surface area is 93.8 Å². The van der Waals surface area contributed by atoms with E-state index < -0.39 is 28.8 Å². The zero-order valence-corrected chi connectivity index (χ0v) is 8.63. The van der Waals surface area contributed by atoms with E-state index in [4.69, 9.17) is 5.73 Å². The van der Waals surface area contributed by atoms with E-state index in [1.165, 1.54) is 0 Å². The van der Waals surface area contributed by atoms with Crippen molar-refractivity contribution in [1.29, 1.82) is 0 Å². The van der Waals surface area contributed by atoms with Crippen LogP contribution in [0.4, 0.5) is 19.1 Å². The van der Waals surface area contributed by atoms with Gasteiger partial charge in [-0.25, -0.2) is 13.2 Å². The van der Waals surface area contributed by atoms with Gasteiger partial charge in [0.15, 0.2) is 23.2 Å². The molecule has 0 amide bonds. The summed E-state index contributed by atoms with van der Waals surface area (Å²) in [6, 6.07) is 0.390. The third kappa shape index (κ3) is 1.69. The van der Waals surface area contributed by atoms with Gasteiger partial charge in [-0.3, -0.25) is 0 Å². The topological polar surface area (TPSA) is 61.3 Å². The first-order valence-electron chi connectivity index (χ1n) is 4.48. The smallest absolute Gasteiger partial charge is 0.230 e. The van der Waals surface area contributed by atoms with Gasteiger partial charge in [-0.15, -0.1) is 0 Å². The summed E-state index contributed by atoms with van der Waals surface area (Å²) >= 11 is 0. The van der Waals surface area contributed by atoms with Crippen molar-refractivity contribution in [1.82, 2.24) is 5.16 Å².